The largest absolute Gasteiger partial charge is 0.297 e. The quantitative estimate of drug-likeness (QED) is 0.670. The second-order valence-electron chi connectivity index (χ2n) is 10.0. The Balaban J connectivity index is 1.61. The molecule has 0 unspecified atom stereocenters. The highest BCUT2D eigenvalue weighted by molar-refractivity contribution is 7.86. The van der Waals surface area contributed by atoms with Gasteiger partial charge in [-0.05, 0) is 72.8 Å². The molecule has 0 amide bonds. The van der Waals surface area contributed by atoms with Gasteiger partial charge in [-0.15, -0.1) is 0 Å². The maximum atomic E-state index is 12.8. The van der Waals surface area contributed by atoms with E-state index >= 15 is 0 Å². The summed E-state index contributed by atoms with van der Waals surface area (Å²) in [7, 11) is -3.71. The number of hydrogen-bond donors (Lipinski definition) is 0. The summed E-state index contributed by atoms with van der Waals surface area (Å²) < 4.78 is 31.6. The van der Waals surface area contributed by atoms with Crippen LogP contribution in [0.1, 0.15) is 65.4 Å². The smallest absolute Gasteiger partial charge is 0.263 e. The van der Waals surface area contributed by atoms with Crippen LogP contribution in [-0.4, -0.2) is 14.5 Å². The third kappa shape index (κ3) is 2.44. The summed E-state index contributed by atoms with van der Waals surface area (Å²) in [5.74, 6) is 0.885. The predicted octanol–water partition coefficient (Wildman–Crippen LogP) is 5.33. The second kappa shape index (κ2) is 5.57. The fourth-order valence-electron chi connectivity index (χ4n) is 6.80. The zero-order valence-corrected chi connectivity index (χ0v) is 17.5. The first-order valence-electron chi connectivity index (χ1n) is 10.0. The molecule has 0 bridgehead atoms. The Bertz CT molecular complexity index is 810. The summed E-state index contributed by atoms with van der Waals surface area (Å²) >= 11 is 0. The Labute approximate surface area is 158 Å². The number of hydrogen-bond acceptors (Lipinski definition) is 3. The van der Waals surface area contributed by atoms with Gasteiger partial charge in [0.05, 0.1) is 11.0 Å². The van der Waals surface area contributed by atoms with Crippen molar-refractivity contribution in [1.29, 1.82) is 0 Å². The van der Waals surface area contributed by atoms with Gasteiger partial charge in [-0.2, -0.15) is 8.42 Å². The molecule has 0 heterocycles. The topological polar surface area (TPSA) is 43.4 Å². The molecule has 3 fully saturated rings. The normalized spacial score (nSPS) is 41.2. The van der Waals surface area contributed by atoms with Gasteiger partial charge in [0.25, 0.3) is 10.1 Å². The number of benzene rings is 1. The van der Waals surface area contributed by atoms with Gasteiger partial charge in [0, 0.05) is 0 Å². The lowest BCUT2D eigenvalue weighted by Crippen LogP contribution is -2.52. The minimum atomic E-state index is -3.71. The molecule has 3 aliphatic rings. The summed E-state index contributed by atoms with van der Waals surface area (Å²) in [4.78, 5) is 0.275. The van der Waals surface area contributed by atoms with Crippen LogP contribution in [0.15, 0.2) is 29.2 Å². The molecule has 5 atom stereocenters. The van der Waals surface area contributed by atoms with Crippen LogP contribution in [0.5, 0.6) is 0 Å². The molecule has 1 aromatic rings. The van der Waals surface area contributed by atoms with Crippen molar-refractivity contribution in [1.82, 2.24) is 0 Å². The first-order valence-corrected chi connectivity index (χ1v) is 11.4. The summed E-state index contributed by atoms with van der Waals surface area (Å²) in [5.41, 5.74) is 1.97. The van der Waals surface area contributed by atoms with Crippen LogP contribution in [-0.2, 0) is 14.3 Å². The zero-order chi connectivity index (χ0) is 19.0. The molecule has 3 aliphatic carbocycles. The van der Waals surface area contributed by atoms with Crippen molar-refractivity contribution in [2.24, 2.45) is 28.1 Å². The maximum Gasteiger partial charge on any atom is 0.297 e. The van der Waals surface area contributed by atoms with Crippen molar-refractivity contribution in [3.05, 3.63) is 29.8 Å². The van der Waals surface area contributed by atoms with Crippen LogP contribution < -0.4 is 0 Å². The van der Waals surface area contributed by atoms with E-state index in [0.29, 0.717) is 22.7 Å². The maximum absolute atomic E-state index is 12.8. The van der Waals surface area contributed by atoms with Crippen LogP contribution in [0, 0.1) is 35.0 Å². The molecular formula is C22H32O3S. The van der Waals surface area contributed by atoms with Crippen molar-refractivity contribution >= 4 is 10.1 Å². The third-order valence-corrected chi connectivity index (χ3v) is 9.61. The first kappa shape index (κ1) is 18.5. The van der Waals surface area contributed by atoms with Gasteiger partial charge in [0.2, 0.25) is 0 Å². The molecule has 1 spiro atoms. The molecule has 144 valence electrons. The van der Waals surface area contributed by atoms with Crippen molar-refractivity contribution in [2.75, 3.05) is 0 Å². The van der Waals surface area contributed by atoms with Crippen molar-refractivity contribution in [3.63, 3.8) is 0 Å². The lowest BCUT2D eigenvalue weighted by molar-refractivity contribution is -0.103. The molecule has 1 aromatic carbocycles. The van der Waals surface area contributed by atoms with E-state index in [9.17, 15) is 8.42 Å². The van der Waals surface area contributed by atoms with Gasteiger partial charge in [-0.3, -0.25) is 4.18 Å². The van der Waals surface area contributed by atoms with Gasteiger partial charge in [0.15, 0.2) is 0 Å². The molecular weight excluding hydrogens is 344 g/mol. The summed E-state index contributed by atoms with van der Waals surface area (Å²) in [6.07, 6.45) is 5.62. The Kier molecular flexibility index (Phi) is 3.96. The average Bonchev–Trinajstić information content (AvgIpc) is 3.30. The van der Waals surface area contributed by atoms with E-state index in [4.69, 9.17) is 4.18 Å². The van der Waals surface area contributed by atoms with E-state index in [1.54, 1.807) is 12.1 Å². The summed E-state index contributed by atoms with van der Waals surface area (Å²) in [6, 6.07) is 6.98. The van der Waals surface area contributed by atoms with E-state index in [-0.39, 0.29) is 16.4 Å². The molecule has 3 nitrogen and oxygen atoms in total. The van der Waals surface area contributed by atoms with E-state index in [1.165, 1.54) is 25.7 Å². The van der Waals surface area contributed by atoms with Crippen LogP contribution in [0.3, 0.4) is 0 Å². The van der Waals surface area contributed by atoms with Gasteiger partial charge in [-0.1, -0.05) is 51.8 Å². The SMILES string of the molecule is Cc1ccc(S(=O)(=O)O[C@H]2C[C@]3(C)CCCC(C)(C)[C@@]34C[C@H]4[C@@H]2C)cc1. The van der Waals surface area contributed by atoms with Crippen molar-refractivity contribution < 1.29 is 12.6 Å². The first-order chi connectivity index (χ1) is 12.0. The summed E-state index contributed by atoms with van der Waals surface area (Å²) in [6.45, 7) is 11.4. The standard InChI is InChI=1S/C22H32O3S/c1-15-7-9-17(10-8-15)26(23,24)25-19-14-21(5)12-6-11-20(3,4)22(21)13-18(22)16(19)2/h7-10,16,18-19H,6,11-14H2,1-5H3/t16-,18-,19-,21-,22-/m0/s1. The third-order valence-electron chi connectivity index (χ3n) is 8.26. The Hall–Kier alpha value is -0.870. The Morgan fingerprint density at radius 3 is 2.35 bits per heavy atom. The molecule has 0 aromatic heterocycles. The fraction of sp³-hybridized carbons (Fsp3) is 0.727. The second-order valence-corrected chi connectivity index (χ2v) is 11.6. The van der Waals surface area contributed by atoms with Gasteiger partial charge in [-0.25, -0.2) is 0 Å². The minimum absolute atomic E-state index is 0.194. The highest BCUT2D eigenvalue weighted by atomic mass is 32.2. The van der Waals surface area contributed by atoms with Crippen LogP contribution in [0.4, 0.5) is 0 Å². The molecule has 0 N–H and O–H groups in total. The molecule has 26 heavy (non-hydrogen) atoms. The molecule has 0 radical (unpaired) electrons. The van der Waals surface area contributed by atoms with Gasteiger partial charge in [0.1, 0.15) is 0 Å². The van der Waals surface area contributed by atoms with E-state index in [2.05, 4.69) is 27.7 Å². The van der Waals surface area contributed by atoms with Crippen molar-refractivity contribution in [3.8, 4) is 0 Å². The van der Waals surface area contributed by atoms with Crippen LogP contribution in [0.2, 0.25) is 0 Å². The van der Waals surface area contributed by atoms with Crippen LogP contribution in [0.25, 0.3) is 0 Å². The fourth-order valence-corrected chi connectivity index (χ4v) is 7.95. The lowest BCUT2D eigenvalue weighted by atomic mass is 9.48. The molecule has 0 aliphatic heterocycles. The molecule has 0 saturated heterocycles. The monoisotopic (exact) mass is 376 g/mol. The molecule has 4 heteroatoms. The average molecular weight is 377 g/mol. The van der Waals surface area contributed by atoms with E-state index in [0.717, 1.165) is 12.0 Å². The summed E-state index contributed by atoms with van der Waals surface area (Å²) in [5, 5.41) is 0. The van der Waals surface area contributed by atoms with Crippen LogP contribution >= 0.6 is 0 Å². The predicted molar refractivity (Wildman–Crippen MR) is 103 cm³/mol. The Morgan fingerprint density at radius 1 is 1.04 bits per heavy atom. The molecule has 4 rings (SSSR count). The lowest BCUT2D eigenvalue weighted by Gasteiger charge is -2.57. The van der Waals surface area contributed by atoms with Crippen molar-refractivity contribution in [2.45, 2.75) is 77.7 Å². The highest BCUT2D eigenvalue weighted by Crippen LogP contribution is 2.81. The highest BCUT2D eigenvalue weighted by Gasteiger charge is 2.75. The molecule has 3 saturated carbocycles. The van der Waals surface area contributed by atoms with Gasteiger partial charge < -0.3 is 0 Å². The van der Waals surface area contributed by atoms with E-state index in [1.807, 2.05) is 19.1 Å². The van der Waals surface area contributed by atoms with Gasteiger partial charge >= 0.3 is 0 Å². The zero-order valence-electron chi connectivity index (χ0n) is 16.7. The number of rotatable bonds is 3. The van der Waals surface area contributed by atoms with E-state index < -0.39 is 10.1 Å². The Morgan fingerprint density at radius 2 is 1.69 bits per heavy atom. The minimum Gasteiger partial charge on any atom is -0.263 e. The number of aryl methyl sites for hydroxylation is 1.